The molecule has 5 aromatic rings. The molecule has 0 radical (unpaired) electrons. The summed E-state index contributed by atoms with van der Waals surface area (Å²) in [5.74, 6) is -1.59. The van der Waals surface area contributed by atoms with Crippen LogP contribution in [0.15, 0.2) is 103 Å². The van der Waals surface area contributed by atoms with Gasteiger partial charge in [-0.05, 0) is 94.8 Å². The van der Waals surface area contributed by atoms with Crippen molar-refractivity contribution in [2.24, 2.45) is 0 Å². The fourth-order valence-electron chi connectivity index (χ4n) is 7.64. The van der Waals surface area contributed by atoms with Crippen LogP contribution in [0.1, 0.15) is 52.3 Å². The van der Waals surface area contributed by atoms with Crippen LogP contribution >= 0.6 is 23.2 Å². The molecule has 3 aliphatic rings. The highest BCUT2D eigenvalue weighted by atomic mass is 35.5. The molecule has 3 N–H and O–H groups in total. The van der Waals surface area contributed by atoms with Gasteiger partial charge >= 0.3 is 5.97 Å². The van der Waals surface area contributed by atoms with E-state index in [0.717, 1.165) is 22.3 Å². The first-order valence-corrected chi connectivity index (χ1v) is 20.1. The van der Waals surface area contributed by atoms with Crippen molar-refractivity contribution < 1.29 is 38.5 Å². The van der Waals surface area contributed by atoms with E-state index in [9.17, 15) is 24.3 Å². The van der Waals surface area contributed by atoms with Crippen LogP contribution in [0.5, 0.6) is 11.5 Å². The van der Waals surface area contributed by atoms with E-state index in [2.05, 4.69) is 16.7 Å². The number of benzene rings is 5. The van der Waals surface area contributed by atoms with Crippen LogP contribution in [0.4, 0.5) is 5.69 Å². The van der Waals surface area contributed by atoms with E-state index in [0.29, 0.717) is 68.9 Å². The van der Waals surface area contributed by atoms with Crippen molar-refractivity contribution in [3.8, 4) is 28.7 Å². The summed E-state index contributed by atoms with van der Waals surface area (Å²) >= 11 is 12.1. The van der Waals surface area contributed by atoms with E-state index in [1.54, 1.807) is 72.8 Å². The number of carboxylic acids is 1. The molecule has 12 nitrogen and oxygen atoms in total. The maximum atomic E-state index is 14.1. The van der Waals surface area contributed by atoms with Crippen LogP contribution in [-0.4, -0.2) is 58.5 Å². The Morgan fingerprint density at radius 3 is 2.30 bits per heavy atom. The zero-order chi connectivity index (χ0) is 41.9. The maximum absolute atomic E-state index is 14.1. The Balaban J connectivity index is 0.974. The summed E-state index contributed by atoms with van der Waals surface area (Å²) in [6, 6.07) is 30.0. The van der Waals surface area contributed by atoms with Crippen molar-refractivity contribution in [1.29, 1.82) is 5.26 Å². The fourth-order valence-corrected chi connectivity index (χ4v) is 7.96. The van der Waals surface area contributed by atoms with E-state index in [-0.39, 0.29) is 37.8 Å². The first kappa shape index (κ1) is 40.4. The molecule has 0 spiro atoms. The third kappa shape index (κ3) is 8.79. The molecule has 0 saturated carbocycles. The molecule has 5 aromatic carbocycles. The summed E-state index contributed by atoms with van der Waals surface area (Å²) < 4.78 is 17.9. The summed E-state index contributed by atoms with van der Waals surface area (Å²) in [5, 5.41) is 25.8. The number of carbonyl (C=O) groups is 4. The minimum atomic E-state index is -1.28. The smallest absolute Gasteiger partial charge is 0.326 e. The van der Waals surface area contributed by atoms with E-state index < -0.39 is 36.2 Å². The van der Waals surface area contributed by atoms with Crippen molar-refractivity contribution in [2.45, 2.75) is 63.1 Å². The third-order valence-electron chi connectivity index (χ3n) is 10.9. The maximum Gasteiger partial charge on any atom is 0.326 e. The van der Waals surface area contributed by atoms with Gasteiger partial charge in [0.05, 0.1) is 27.4 Å². The molecule has 304 valence electrons. The largest absolute Gasteiger partial charge is 0.489 e. The average Bonchev–Trinajstić information content (AvgIpc) is 3.81. The molecular weight excluding hydrogens is 807 g/mol. The Hall–Kier alpha value is -6.39. The number of hydrogen-bond acceptors (Lipinski definition) is 8. The summed E-state index contributed by atoms with van der Waals surface area (Å²) in [4.78, 5) is 55.4. The minimum absolute atomic E-state index is 0.00421. The average molecular weight is 846 g/mol. The highest BCUT2D eigenvalue weighted by Crippen LogP contribution is 2.40. The lowest BCUT2D eigenvalue weighted by molar-refractivity contribution is -0.150. The lowest BCUT2D eigenvalue weighted by Crippen LogP contribution is -2.57. The number of halogens is 2. The van der Waals surface area contributed by atoms with Gasteiger partial charge in [-0.15, -0.1) is 0 Å². The van der Waals surface area contributed by atoms with Gasteiger partial charge in [-0.2, -0.15) is 5.26 Å². The minimum Gasteiger partial charge on any atom is -0.489 e. The van der Waals surface area contributed by atoms with Gasteiger partial charge in [0, 0.05) is 31.6 Å². The van der Waals surface area contributed by atoms with Gasteiger partial charge in [-0.25, -0.2) is 4.79 Å². The number of nitriles is 1. The number of carbonyl (C=O) groups excluding carboxylic acids is 3. The molecule has 3 aliphatic heterocycles. The molecule has 3 amide bonds. The number of hydrogen-bond donors (Lipinski definition) is 3. The Labute approximate surface area is 355 Å². The molecule has 0 bridgehead atoms. The Morgan fingerprint density at radius 2 is 1.63 bits per heavy atom. The van der Waals surface area contributed by atoms with Crippen LogP contribution < -0.4 is 20.1 Å². The van der Waals surface area contributed by atoms with Gasteiger partial charge in [0.15, 0.2) is 0 Å². The summed E-state index contributed by atoms with van der Waals surface area (Å²) in [5.41, 5.74) is 6.32. The first-order chi connectivity index (χ1) is 29.0. The second-order valence-electron chi connectivity index (χ2n) is 14.9. The van der Waals surface area contributed by atoms with Crippen LogP contribution in [0.3, 0.4) is 0 Å². The lowest BCUT2D eigenvalue weighted by atomic mass is 9.91. The molecule has 1 saturated heterocycles. The highest BCUT2D eigenvalue weighted by molar-refractivity contribution is 6.42. The number of nitrogens with zero attached hydrogens (tertiary/aromatic N) is 2. The number of aliphatic carboxylic acids is 1. The van der Waals surface area contributed by atoms with Gasteiger partial charge < -0.3 is 34.9 Å². The van der Waals surface area contributed by atoms with Crippen LogP contribution in [-0.2, 0) is 49.9 Å². The monoisotopic (exact) mass is 844 g/mol. The normalized spacial score (nSPS) is 18.5. The van der Waals surface area contributed by atoms with Gasteiger partial charge in [-0.3, -0.25) is 14.4 Å². The van der Waals surface area contributed by atoms with E-state index in [1.807, 2.05) is 30.3 Å². The van der Waals surface area contributed by atoms with Crippen LogP contribution in [0.2, 0.25) is 10.0 Å². The predicted octanol–water partition coefficient (Wildman–Crippen LogP) is 7.43. The summed E-state index contributed by atoms with van der Waals surface area (Å²) in [7, 11) is 0. The van der Waals surface area contributed by atoms with E-state index >= 15 is 0 Å². The first-order valence-electron chi connectivity index (χ1n) is 19.4. The molecule has 8 rings (SSSR count). The molecule has 0 aromatic heterocycles. The van der Waals surface area contributed by atoms with Crippen molar-refractivity contribution in [1.82, 2.24) is 10.2 Å². The Kier molecular flexibility index (Phi) is 11.7. The molecule has 0 aliphatic carbocycles. The highest BCUT2D eigenvalue weighted by Gasteiger charge is 2.41. The van der Waals surface area contributed by atoms with Crippen molar-refractivity contribution in [3.63, 3.8) is 0 Å². The van der Waals surface area contributed by atoms with Crippen molar-refractivity contribution in [3.05, 3.63) is 147 Å². The van der Waals surface area contributed by atoms with Gasteiger partial charge in [0.1, 0.15) is 36.3 Å². The number of amides is 3. The molecule has 60 heavy (non-hydrogen) atoms. The third-order valence-corrected chi connectivity index (χ3v) is 11.6. The SMILES string of the molecule is N#Cc1ccc(-c2ccc(C[C@H](NC(=O)C3Cc4cc5c(cc4CN3C(=O)[C@@H]3CCCO3)OC(c3ccc(OCc4ccc(Cl)c(Cl)c4)cc3)C(=O)N5)C(=O)O)cc2)cc1. The van der Waals surface area contributed by atoms with Gasteiger partial charge in [0.2, 0.25) is 12.0 Å². The Morgan fingerprint density at radius 1 is 0.917 bits per heavy atom. The van der Waals surface area contributed by atoms with Crippen molar-refractivity contribution >= 4 is 52.6 Å². The van der Waals surface area contributed by atoms with Crippen molar-refractivity contribution in [2.75, 3.05) is 11.9 Å². The number of fused-ring (bicyclic) bond motifs is 2. The number of anilines is 1. The van der Waals surface area contributed by atoms with E-state index in [1.165, 1.54) is 4.90 Å². The molecule has 2 unspecified atom stereocenters. The standard InChI is InChI=1S/C46H38Cl2N4O8/c47-35-16-7-28(18-36(35)48)25-59-34-14-12-31(13-15-34)42-44(54)50-37-20-32-21-39(52(24-33(32)22-41(37)60-42)45(55)40-2-1-17-58-40)43(53)51-38(46(56)57)19-26-3-8-29(9-4-26)30-10-5-27(23-49)6-11-30/h3-16,18,20,22,38-40,42H,1-2,17,19,21,24-25H2,(H,50,54)(H,51,53)(H,56,57)/t38-,39?,40-,42?/m0/s1. The van der Waals surface area contributed by atoms with Gasteiger partial charge in [-0.1, -0.05) is 77.8 Å². The fraction of sp³-hybridized carbons (Fsp3) is 0.239. The number of nitrogens with one attached hydrogen (secondary N) is 2. The summed E-state index contributed by atoms with van der Waals surface area (Å²) in [6.07, 6.45) is -0.402. The predicted molar refractivity (Wildman–Crippen MR) is 223 cm³/mol. The molecule has 3 heterocycles. The van der Waals surface area contributed by atoms with Crippen LogP contribution in [0.25, 0.3) is 11.1 Å². The zero-order valence-corrected chi connectivity index (χ0v) is 33.5. The van der Waals surface area contributed by atoms with Crippen LogP contribution in [0, 0.1) is 11.3 Å². The molecule has 14 heteroatoms. The van der Waals surface area contributed by atoms with Gasteiger partial charge in [0.25, 0.3) is 11.8 Å². The number of rotatable bonds is 11. The molecule has 1 fully saturated rings. The molecular formula is C46H38Cl2N4O8. The van der Waals surface area contributed by atoms with E-state index in [4.69, 9.17) is 42.7 Å². The molecule has 4 atom stereocenters. The second-order valence-corrected chi connectivity index (χ2v) is 15.7. The second kappa shape index (κ2) is 17.5. The number of carboxylic acid groups (broad SMARTS) is 1. The lowest BCUT2D eigenvalue weighted by Gasteiger charge is -2.38. The topological polar surface area (TPSA) is 167 Å². The summed E-state index contributed by atoms with van der Waals surface area (Å²) in [6.45, 7) is 0.734. The quantitative estimate of drug-likeness (QED) is 0.123. The number of ether oxygens (including phenoxy) is 3. The zero-order valence-electron chi connectivity index (χ0n) is 32.0. The Bertz CT molecular complexity index is 2500.